The molecule has 0 aliphatic carbocycles. The largest absolute Gasteiger partial charge is 0.479 e. The van der Waals surface area contributed by atoms with Crippen molar-refractivity contribution in [2.24, 2.45) is 0 Å². The van der Waals surface area contributed by atoms with Gasteiger partial charge in [0.15, 0.2) is 5.69 Å². The van der Waals surface area contributed by atoms with E-state index >= 15 is 0 Å². The number of alkyl halides is 1. The third-order valence-electron chi connectivity index (χ3n) is 4.24. The van der Waals surface area contributed by atoms with Crippen LogP contribution in [0, 0.1) is 0 Å². The molecule has 0 saturated carbocycles. The standard InChI is InChI=1S/C16H16ClFN4O3/c1-2-12-13(14(23)21-7-6-16(18,9-21)15(24)25)19-20-22(12)11-5-3-4-10(17)8-11/h3-5,8H,2,6-7,9H2,1H3,(H,24,25). The molecule has 0 spiro atoms. The number of hydrogen-bond donors (Lipinski definition) is 1. The summed E-state index contributed by atoms with van der Waals surface area (Å²) in [7, 11) is 0. The first kappa shape index (κ1) is 17.3. The van der Waals surface area contributed by atoms with Crippen molar-refractivity contribution < 1.29 is 19.1 Å². The summed E-state index contributed by atoms with van der Waals surface area (Å²) in [5.41, 5.74) is -1.11. The van der Waals surface area contributed by atoms with Gasteiger partial charge in [0.2, 0.25) is 5.67 Å². The Balaban J connectivity index is 1.91. The number of amides is 1. The van der Waals surface area contributed by atoms with Gasteiger partial charge in [0, 0.05) is 18.0 Å². The number of carbonyl (C=O) groups is 2. The lowest BCUT2D eigenvalue weighted by Gasteiger charge is -2.17. The summed E-state index contributed by atoms with van der Waals surface area (Å²) >= 11 is 5.99. The van der Waals surface area contributed by atoms with Gasteiger partial charge in [0.05, 0.1) is 17.9 Å². The number of likely N-dealkylation sites (tertiary alicyclic amines) is 1. The number of rotatable bonds is 4. The van der Waals surface area contributed by atoms with Gasteiger partial charge in [-0.15, -0.1) is 5.10 Å². The molecule has 1 aliphatic heterocycles. The molecule has 1 atom stereocenters. The van der Waals surface area contributed by atoms with E-state index in [2.05, 4.69) is 10.3 Å². The van der Waals surface area contributed by atoms with E-state index in [-0.39, 0.29) is 18.7 Å². The Morgan fingerprint density at radius 2 is 2.20 bits per heavy atom. The van der Waals surface area contributed by atoms with Crippen molar-refractivity contribution in [1.82, 2.24) is 19.9 Å². The molecule has 1 unspecified atom stereocenters. The summed E-state index contributed by atoms with van der Waals surface area (Å²) in [6, 6.07) is 6.94. The third-order valence-corrected chi connectivity index (χ3v) is 4.48. The number of carbonyl (C=O) groups excluding carboxylic acids is 1. The van der Waals surface area contributed by atoms with Crippen molar-refractivity contribution in [2.45, 2.75) is 25.4 Å². The van der Waals surface area contributed by atoms with Crippen LogP contribution in [0.3, 0.4) is 0 Å². The van der Waals surface area contributed by atoms with E-state index < -0.39 is 24.1 Å². The molecule has 1 aromatic carbocycles. The minimum atomic E-state index is -2.41. The maximum Gasteiger partial charge on any atom is 0.343 e. The zero-order valence-electron chi connectivity index (χ0n) is 13.4. The molecule has 1 N–H and O–H groups in total. The predicted octanol–water partition coefficient (Wildman–Crippen LogP) is 2.12. The van der Waals surface area contributed by atoms with Crippen LogP contribution in [0.5, 0.6) is 0 Å². The Hall–Kier alpha value is -2.48. The average Bonchev–Trinajstić information content (AvgIpc) is 3.18. The molecule has 1 aliphatic rings. The fraction of sp³-hybridized carbons (Fsp3) is 0.375. The Morgan fingerprint density at radius 3 is 2.80 bits per heavy atom. The fourth-order valence-electron chi connectivity index (χ4n) is 2.87. The predicted molar refractivity (Wildman–Crippen MR) is 87.7 cm³/mol. The topological polar surface area (TPSA) is 88.3 Å². The molecule has 1 amide bonds. The minimum Gasteiger partial charge on any atom is -0.479 e. The van der Waals surface area contributed by atoms with Gasteiger partial charge < -0.3 is 10.0 Å². The van der Waals surface area contributed by atoms with Crippen LogP contribution in [0.25, 0.3) is 5.69 Å². The summed E-state index contributed by atoms with van der Waals surface area (Å²) in [5, 5.41) is 17.4. The van der Waals surface area contributed by atoms with Gasteiger partial charge in [-0.1, -0.05) is 29.8 Å². The second-order valence-electron chi connectivity index (χ2n) is 5.88. The molecule has 2 aromatic rings. The molecule has 1 fully saturated rings. The third kappa shape index (κ3) is 3.09. The van der Waals surface area contributed by atoms with Gasteiger partial charge in [0.1, 0.15) is 0 Å². The highest BCUT2D eigenvalue weighted by Gasteiger charge is 2.47. The normalized spacial score (nSPS) is 20.0. The quantitative estimate of drug-likeness (QED) is 0.895. The Labute approximate surface area is 148 Å². The average molecular weight is 367 g/mol. The van der Waals surface area contributed by atoms with Gasteiger partial charge in [0.25, 0.3) is 5.91 Å². The van der Waals surface area contributed by atoms with Gasteiger partial charge in [-0.25, -0.2) is 13.9 Å². The van der Waals surface area contributed by atoms with Crippen molar-refractivity contribution in [3.05, 3.63) is 40.7 Å². The van der Waals surface area contributed by atoms with Gasteiger partial charge in [-0.05, 0) is 24.6 Å². The molecule has 9 heteroatoms. The summed E-state index contributed by atoms with van der Waals surface area (Å²) in [6.07, 6.45) is 0.228. The van der Waals surface area contributed by atoms with E-state index in [0.717, 1.165) is 0 Å². The smallest absolute Gasteiger partial charge is 0.343 e. The molecule has 25 heavy (non-hydrogen) atoms. The van der Waals surface area contributed by atoms with Crippen molar-refractivity contribution in [1.29, 1.82) is 0 Å². The first-order chi connectivity index (χ1) is 11.9. The van der Waals surface area contributed by atoms with Crippen molar-refractivity contribution in [3.8, 4) is 5.69 Å². The lowest BCUT2D eigenvalue weighted by atomic mass is 10.1. The highest BCUT2D eigenvalue weighted by molar-refractivity contribution is 6.30. The number of hydrogen-bond acceptors (Lipinski definition) is 4. The maximum atomic E-state index is 14.2. The number of carboxylic acid groups (broad SMARTS) is 1. The van der Waals surface area contributed by atoms with E-state index in [1.165, 1.54) is 9.58 Å². The van der Waals surface area contributed by atoms with Crippen molar-refractivity contribution in [3.63, 3.8) is 0 Å². The molecule has 3 rings (SSSR count). The lowest BCUT2D eigenvalue weighted by molar-refractivity contribution is -0.149. The fourth-order valence-corrected chi connectivity index (χ4v) is 3.06. The number of benzene rings is 1. The van der Waals surface area contributed by atoms with Crippen molar-refractivity contribution >= 4 is 23.5 Å². The highest BCUT2D eigenvalue weighted by atomic mass is 35.5. The first-order valence-corrected chi connectivity index (χ1v) is 8.15. The number of aliphatic carboxylic acids is 1. The van der Waals surface area contributed by atoms with Crippen LogP contribution in [-0.2, 0) is 11.2 Å². The molecule has 0 bridgehead atoms. The minimum absolute atomic E-state index is 0.0226. The molecular formula is C16H16ClFN4O3. The molecule has 132 valence electrons. The van der Waals surface area contributed by atoms with E-state index in [1.54, 1.807) is 24.3 Å². The molecule has 1 aromatic heterocycles. The zero-order valence-corrected chi connectivity index (χ0v) is 14.2. The second kappa shape index (κ2) is 6.44. The van der Waals surface area contributed by atoms with Gasteiger partial charge in [-0.3, -0.25) is 4.79 Å². The molecule has 2 heterocycles. The summed E-state index contributed by atoms with van der Waals surface area (Å²) in [6.45, 7) is 1.38. The summed E-state index contributed by atoms with van der Waals surface area (Å²) in [5.74, 6) is -2.08. The monoisotopic (exact) mass is 366 g/mol. The van der Waals surface area contributed by atoms with E-state index in [4.69, 9.17) is 16.7 Å². The van der Waals surface area contributed by atoms with Gasteiger partial charge in [-0.2, -0.15) is 0 Å². The molecule has 0 radical (unpaired) electrons. The highest BCUT2D eigenvalue weighted by Crippen LogP contribution is 2.28. The Kier molecular flexibility index (Phi) is 4.47. The maximum absolute atomic E-state index is 14.2. The van der Waals surface area contributed by atoms with Crippen LogP contribution in [-0.4, -0.2) is 55.6 Å². The van der Waals surface area contributed by atoms with Crippen LogP contribution >= 0.6 is 11.6 Å². The Bertz CT molecular complexity index is 841. The molecular weight excluding hydrogens is 351 g/mol. The number of nitrogens with zero attached hydrogens (tertiary/aromatic N) is 4. The number of carboxylic acids is 1. The Morgan fingerprint density at radius 1 is 1.44 bits per heavy atom. The van der Waals surface area contributed by atoms with Crippen LogP contribution in [0.4, 0.5) is 4.39 Å². The van der Waals surface area contributed by atoms with E-state index in [1.807, 2.05) is 6.92 Å². The van der Waals surface area contributed by atoms with Crippen LogP contribution in [0.2, 0.25) is 5.02 Å². The lowest BCUT2D eigenvalue weighted by Crippen LogP contribution is -2.39. The second-order valence-corrected chi connectivity index (χ2v) is 6.31. The molecule has 7 nitrogen and oxygen atoms in total. The van der Waals surface area contributed by atoms with Crippen molar-refractivity contribution in [2.75, 3.05) is 13.1 Å². The summed E-state index contributed by atoms with van der Waals surface area (Å²) < 4.78 is 15.7. The van der Waals surface area contributed by atoms with Crippen LogP contribution in [0.1, 0.15) is 29.5 Å². The van der Waals surface area contributed by atoms with E-state index in [9.17, 15) is 14.0 Å². The first-order valence-electron chi connectivity index (χ1n) is 7.78. The number of aromatic nitrogens is 3. The SMILES string of the molecule is CCc1c(C(=O)N2CCC(F)(C(=O)O)C2)nnn1-c1cccc(Cl)c1. The summed E-state index contributed by atoms with van der Waals surface area (Å²) in [4.78, 5) is 24.9. The van der Waals surface area contributed by atoms with Crippen LogP contribution in [0.15, 0.2) is 24.3 Å². The molecule has 1 saturated heterocycles. The van der Waals surface area contributed by atoms with Crippen LogP contribution < -0.4 is 0 Å². The van der Waals surface area contributed by atoms with E-state index in [0.29, 0.717) is 22.8 Å². The number of halogens is 2. The zero-order chi connectivity index (χ0) is 18.2. The van der Waals surface area contributed by atoms with Gasteiger partial charge >= 0.3 is 5.97 Å².